The van der Waals surface area contributed by atoms with E-state index >= 15 is 0 Å². The molecule has 0 saturated carbocycles. The maximum atomic E-state index is 11.7. The Morgan fingerprint density at radius 3 is 2.77 bits per heavy atom. The van der Waals surface area contributed by atoms with Crippen molar-refractivity contribution in [2.75, 3.05) is 19.0 Å². The third-order valence-electron chi connectivity index (χ3n) is 5.63. The van der Waals surface area contributed by atoms with Crippen molar-refractivity contribution >= 4 is 11.7 Å². The van der Waals surface area contributed by atoms with E-state index in [0.717, 1.165) is 31.6 Å². The van der Waals surface area contributed by atoms with Crippen LogP contribution in [0.3, 0.4) is 0 Å². The number of methoxy groups -OCH3 is 1. The van der Waals surface area contributed by atoms with Crippen LogP contribution in [0.4, 0.5) is 5.69 Å². The Morgan fingerprint density at radius 1 is 1.23 bits per heavy atom. The van der Waals surface area contributed by atoms with Crippen molar-refractivity contribution in [1.29, 1.82) is 0 Å². The summed E-state index contributed by atoms with van der Waals surface area (Å²) in [7, 11) is 1.41. The lowest BCUT2D eigenvalue weighted by Crippen LogP contribution is -2.36. The summed E-state index contributed by atoms with van der Waals surface area (Å²) >= 11 is 0. The molecule has 0 bridgehead atoms. The monoisotopic (exact) mass is 351 g/mol. The number of fused-ring (bicyclic) bond motifs is 3. The minimum Gasteiger partial charge on any atom is -0.465 e. The number of carbonyl (C=O) groups is 1. The normalized spacial score (nSPS) is 24.2. The molecule has 2 aliphatic heterocycles. The van der Waals surface area contributed by atoms with Crippen LogP contribution in [0.25, 0.3) is 0 Å². The highest BCUT2D eigenvalue weighted by atomic mass is 16.5. The topological polar surface area (TPSA) is 47.6 Å². The van der Waals surface area contributed by atoms with Crippen LogP contribution in [0, 0.1) is 5.92 Å². The van der Waals surface area contributed by atoms with Crippen molar-refractivity contribution in [2.45, 2.75) is 38.3 Å². The molecule has 0 amide bonds. The van der Waals surface area contributed by atoms with Crippen LogP contribution in [0.5, 0.6) is 0 Å². The van der Waals surface area contributed by atoms with Gasteiger partial charge in [0.25, 0.3) is 0 Å². The summed E-state index contributed by atoms with van der Waals surface area (Å²) in [5.41, 5.74) is 5.56. The van der Waals surface area contributed by atoms with Gasteiger partial charge in [0.1, 0.15) is 0 Å². The van der Waals surface area contributed by atoms with Gasteiger partial charge in [-0.15, -0.1) is 0 Å². The fourth-order valence-electron chi connectivity index (χ4n) is 4.21. The number of nitrogens with one attached hydrogen (secondary N) is 1. The highest BCUT2D eigenvalue weighted by molar-refractivity contribution is 5.89. The number of aryl methyl sites for hydroxylation is 1. The molecule has 1 saturated heterocycles. The van der Waals surface area contributed by atoms with Crippen LogP contribution in [0.2, 0.25) is 0 Å². The minimum absolute atomic E-state index is 0.136. The van der Waals surface area contributed by atoms with Crippen molar-refractivity contribution < 1.29 is 14.3 Å². The lowest BCUT2D eigenvalue weighted by Gasteiger charge is -2.43. The molecular formula is C22H25NO3. The predicted octanol–water partition coefficient (Wildman–Crippen LogP) is 4.67. The van der Waals surface area contributed by atoms with Crippen molar-refractivity contribution in [1.82, 2.24) is 0 Å². The molecule has 0 radical (unpaired) electrons. The lowest BCUT2D eigenvalue weighted by atomic mass is 9.77. The molecule has 0 aromatic heterocycles. The number of esters is 1. The first kappa shape index (κ1) is 17.1. The molecule has 4 nitrogen and oxygen atoms in total. The van der Waals surface area contributed by atoms with Crippen LogP contribution in [-0.4, -0.2) is 19.7 Å². The van der Waals surface area contributed by atoms with Crippen LogP contribution in [-0.2, 0) is 15.9 Å². The molecule has 1 unspecified atom stereocenters. The first-order valence-electron chi connectivity index (χ1n) is 9.40. The molecule has 26 heavy (non-hydrogen) atoms. The molecule has 136 valence electrons. The maximum absolute atomic E-state index is 11.7. The molecule has 2 aromatic rings. The average Bonchev–Trinajstić information content (AvgIpc) is 2.72. The molecule has 1 fully saturated rings. The SMILES string of the molecule is CCc1ccc2c(c1)[C@H]1OCCC[C@H]1C(c1ccc(C(=O)OC)cc1)N2. The van der Waals surface area contributed by atoms with E-state index in [4.69, 9.17) is 9.47 Å². The molecule has 4 rings (SSSR count). The zero-order valence-electron chi connectivity index (χ0n) is 15.3. The second-order valence-corrected chi connectivity index (χ2v) is 7.11. The van der Waals surface area contributed by atoms with E-state index in [-0.39, 0.29) is 18.1 Å². The quantitative estimate of drug-likeness (QED) is 0.817. The number of ether oxygens (including phenoxy) is 2. The van der Waals surface area contributed by atoms with Gasteiger partial charge in [0.2, 0.25) is 0 Å². The van der Waals surface area contributed by atoms with E-state index in [2.05, 4.69) is 30.4 Å². The van der Waals surface area contributed by atoms with Gasteiger partial charge in [-0.05, 0) is 48.6 Å². The van der Waals surface area contributed by atoms with Gasteiger partial charge in [-0.3, -0.25) is 0 Å². The summed E-state index contributed by atoms with van der Waals surface area (Å²) in [5, 5.41) is 3.73. The average molecular weight is 351 g/mol. The van der Waals surface area contributed by atoms with E-state index in [9.17, 15) is 4.79 Å². The van der Waals surface area contributed by atoms with Gasteiger partial charge in [-0.2, -0.15) is 0 Å². The van der Waals surface area contributed by atoms with Gasteiger partial charge in [0.15, 0.2) is 0 Å². The second-order valence-electron chi connectivity index (χ2n) is 7.11. The molecule has 0 aliphatic carbocycles. The third-order valence-corrected chi connectivity index (χ3v) is 5.63. The Bertz CT molecular complexity index is 800. The zero-order valence-corrected chi connectivity index (χ0v) is 15.3. The second kappa shape index (κ2) is 7.12. The van der Waals surface area contributed by atoms with Crippen LogP contribution < -0.4 is 5.32 Å². The summed E-state index contributed by atoms with van der Waals surface area (Å²) in [4.78, 5) is 11.7. The fourth-order valence-corrected chi connectivity index (χ4v) is 4.21. The van der Waals surface area contributed by atoms with E-state index < -0.39 is 0 Å². The molecule has 2 heterocycles. The first-order valence-corrected chi connectivity index (χ1v) is 9.40. The maximum Gasteiger partial charge on any atom is 0.337 e. The fraction of sp³-hybridized carbons (Fsp3) is 0.409. The smallest absolute Gasteiger partial charge is 0.337 e. The number of rotatable bonds is 3. The van der Waals surface area contributed by atoms with Crippen molar-refractivity contribution in [3.05, 3.63) is 64.7 Å². The number of carbonyl (C=O) groups excluding carboxylic acids is 1. The lowest BCUT2D eigenvalue weighted by molar-refractivity contribution is -0.0381. The van der Waals surface area contributed by atoms with Gasteiger partial charge >= 0.3 is 5.97 Å². The van der Waals surface area contributed by atoms with E-state index in [1.165, 1.54) is 23.8 Å². The highest BCUT2D eigenvalue weighted by Gasteiger charge is 2.39. The van der Waals surface area contributed by atoms with Gasteiger partial charge in [0.05, 0.1) is 24.8 Å². The van der Waals surface area contributed by atoms with E-state index in [1.54, 1.807) is 0 Å². The minimum atomic E-state index is -0.301. The molecule has 2 aromatic carbocycles. The molecule has 3 atom stereocenters. The van der Waals surface area contributed by atoms with E-state index in [0.29, 0.717) is 11.5 Å². The molecule has 4 heteroatoms. The Labute approximate surface area is 154 Å². The van der Waals surface area contributed by atoms with Crippen LogP contribution >= 0.6 is 0 Å². The van der Waals surface area contributed by atoms with Gasteiger partial charge in [-0.1, -0.05) is 31.2 Å². The Morgan fingerprint density at radius 2 is 2.04 bits per heavy atom. The summed E-state index contributed by atoms with van der Waals surface area (Å²) in [6.07, 6.45) is 3.39. The van der Waals surface area contributed by atoms with Gasteiger partial charge in [0, 0.05) is 23.8 Å². The largest absolute Gasteiger partial charge is 0.465 e. The molecule has 0 spiro atoms. The summed E-state index contributed by atoms with van der Waals surface area (Å²) in [5.74, 6) is 0.0943. The predicted molar refractivity (Wildman–Crippen MR) is 101 cm³/mol. The number of hydrogen-bond acceptors (Lipinski definition) is 4. The van der Waals surface area contributed by atoms with Gasteiger partial charge < -0.3 is 14.8 Å². The number of hydrogen-bond donors (Lipinski definition) is 1. The van der Waals surface area contributed by atoms with E-state index in [1.807, 2.05) is 24.3 Å². The standard InChI is InChI=1S/C22H25NO3/c1-3-14-6-11-19-18(13-14)21-17(5-4-12-26-21)20(23-19)15-7-9-16(10-8-15)22(24)25-2/h6-11,13,17,20-21,23H,3-5,12H2,1-2H3/t17-,20?,21-/m0/s1. The molecular weight excluding hydrogens is 326 g/mol. The number of anilines is 1. The molecule has 1 N–H and O–H groups in total. The summed E-state index contributed by atoms with van der Waals surface area (Å²) in [6, 6.07) is 14.6. The van der Waals surface area contributed by atoms with Crippen molar-refractivity contribution in [2.24, 2.45) is 5.92 Å². The highest BCUT2D eigenvalue weighted by Crippen LogP contribution is 2.49. The van der Waals surface area contributed by atoms with Crippen LogP contribution in [0.15, 0.2) is 42.5 Å². The third kappa shape index (κ3) is 2.99. The Hall–Kier alpha value is -2.33. The Balaban J connectivity index is 1.69. The number of benzene rings is 2. The van der Waals surface area contributed by atoms with Crippen molar-refractivity contribution in [3.63, 3.8) is 0 Å². The summed E-state index contributed by atoms with van der Waals surface area (Å²) in [6.45, 7) is 3.01. The molecule has 2 aliphatic rings. The van der Waals surface area contributed by atoms with Crippen molar-refractivity contribution in [3.8, 4) is 0 Å². The van der Waals surface area contributed by atoms with Gasteiger partial charge in [-0.25, -0.2) is 4.79 Å². The summed E-state index contributed by atoms with van der Waals surface area (Å²) < 4.78 is 11.0. The zero-order chi connectivity index (χ0) is 18.1. The first-order chi connectivity index (χ1) is 12.7. The Kier molecular flexibility index (Phi) is 4.68. The van der Waals surface area contributed by atoms with Crippen LogP contribution in [0.1, 0.15) is 59.0 Å².